The zero-order valence-corrected chi connectivity index (χ0v) is 17.5. The van der Waals surface area contributed by atoms with E-state index >= 15 is 0 Å². The summed E-state index contributed by atoms with van der Waals surface area (Å²) in [7, 11) is 1.72. The van der Waals surface area contributed by atoms with Crippen LogP contribution in [-0.4, -0.2) is 37.3 Å². The molecule has 2 aromatic heterocycles. The van der Waals surface area contributed by atoms with Gasteiger partial charge in [-0.1, -0.05) is 19.3 Å². The maximum absolute atomic E-state index is 13.1. The van der Waals surface area contributed by atoms with E-state index in [0.29, 0.717) is 17.8 Å². The Kier molecular flexibility index (Phi) is 6.06. The van der Waals surface area contributed by atoms with Crippen LogP contribution >= 0.6 is 0 Å². The van der Waals surface area contributed by atoms with Crippen molar-refractivity contribution in [2.45, 2.75) is 44.6 Å². The predicted molar refractivity (Wildman–Crippen MR) is 116 cm³/mol. The first-order valence-electron chi connectivity index (χ1n) is 10.5. The summed E-state index contributed by atoms with van der Waals surface area (Å²) >= 11 is 0. The number of nitro groups is 1. The van der Waals surface area contributed by atoms with Gasteiger partial charge in [0, 0.05) is 55.9 Å². The van der Waals surface area contributed by atoms with Crippen molar-refractivity contribution in [2.75, 3.05) is 7.05 Å². The first kappa shape index (κ1) is 20.7. The number of nitrogens with zero attached hydrogens (tertiary/aromatic N) is 5. The van der Waals surface area contributed by atoms with Crippen LogP contribution in [-0.2, 0) is 6.54 Å². The lowest BCUT2D eigenvalue weighted by atomic mass is 9.88. The van der Waals surface area contributed by atoms with E-state index in [-0.39, 0.29) is 17.5 Å². The topological polar surface area (TPSA) is 94.2 Å². The van der Waals surface area contributed by atoms with Gasteiger partial charge in [0.2, 0.25) is 0 Å². The van der Waals surface area contributed by atoms with Crippen LogP contribution in [0.3, 0.4) is 0 Å². The summed E-state index contributed by atoms with van der Waals surface area (Å²) in [6, 6.07) is 8.25. The smallest absolute Gasteiger partial charge is 0.293 e. The van der Waals surface area contributed by atoms with Gasteiger partial charge in [-0.25, -0.2) is 4.98 Å². The first-order valence-corrected chi connectivity index (χ1v) is 10.5. The number of nitro benzene ring substituents is 1. The molecule has 0 radical (unpaired) electrons. The standard InChI is InChI=1S/C23H25N5O3/c1-26(16-17-9-11-24-12-10-17)23(29)19-7-8-20(28(30)31)21(15-19)27-14-13-25-22(27)18-5-3-2-4-6-18/h7-15,18H,2-6,16H2,1H3. The molecule has 8 nitrogen and oxygen atoms in total. The molecule has 1 aliphatic carbocycles. The number of amides is 1. The largest absolute Gasteiger partial charge is 0.337 e. The molecule has 1 amide bonds. The lowest BCUT2D eigenvalue weighted by Crippen LogP contribution is -2.26. The summed E-state index contributed by atoms with van der Waals surface area (Å²) in [5.74, 6) is 0.905. The minimum Gasteiger partial charge on any atom is -0.337 e. The van der Waals surface area contributed by atoms with Crippen molar-refractivity contribution in [3.8, 4) is 5.69 Å². The molecule has 0 N–H and O–H groups in total. The number of rotatable bonds is 6. The molecule has 2 heterocycles. The Morgan fingerprint density at radius 3 is 2.61 bits per heavy atom. The van der Waals surface area contributed by atoms with Crippen molar-refractivity contribution in [3.05, 3.63) is 82.2 Å². The van der Waals surface area contributed by atoms with Crippen molar-refractivity contribution in [1.29, 1.82) is 0 Å². The minimum atomic E-state index is -0.408. The van der Waals surface area contributed by atoms with E-state index in [1.165, 1.54) is 18.6 Å². The summed E-state index contributed by atoms with van der Waals surface area (Å²) in [5, 5.41) is 11.7. The van der Waals surface area contributed by atoms with Crippen molar-refractivity contribution in [2.24, 2.45) is 0 Å². The number of imidazole rings is 1. The molecule has 0 unspecified atom stereocenters. The minimum absolute atomic E-state index is 0.0385. The van der Waals surface area contributed by atoms with Gasteiger partial charge in [0.1, 0.15) is 11.5 Å². The van der Waals surface area contributed by atoms with Gasteiger partial charge in [-0.2, -0.15) is 0 Å². The van der Waals surface area contributed by atoms with Gasteiger partial charge in [-0.05, 0) is 42.7 Å². The van der Waals surface area contributed by atoms with Crippen LogP contribution in [0.25, 0.3) is 5.69 Å². The number of carbonyl (C=O) groups excluding carboxylic acids is 1. The van der Waals surface area contributed by atoms with Gasteiger partial charge in [0.15, 0.2) is 0 Å². The molecule has 1 fully saturated rings. The molecule has 3 aromatic rings. The monoisotopic (exact) mass is 419 g/mol. The molecule has 31 heavy (non-hydrogen) atoms. The maximum Gasteiger partial charge on any atom is 0.293 e. The molecule has 1 saturated carbocycles. The van der Waals surface area contributed by atoms with Crippen molar-refractivity contribution >= 4 is 11.6 Å². The van der Waals surface area contributed by atoms with E-state index in [4.69, 9.17) is 0 Å². The molecular weight excluding hydrogens is 394 g/mol. The van der Waals surface area contributed by atoms with Gasteiger partial charge >= 0.3 is 0 Å². The Labute approximate surface area is 180 Å². The molecule has 4 rings (SSSR count). The lowest BCUT2D eigenvalue weighted by molar-refractivity contribution is -0.384. The molecule has 0 saturated heterocycles. The zero-order valence-electron chi connectivity index (χ0n) is 17.5. The highest BCUT2D eigenvalue weighted by Gasteiger charge is 2.25. The van der Waals surface area contributed by atoms with Gasteiger partial charge in [-0.3, -0.25) is 24.5 Å². The second-order valence-electron chi connectivity index (χ2n) is 7.97. The van der Waals surface area contributed by atoms with Gasteiger partial charge in [0.05, 0.1) is 4.92 Å². The predicted octanol–water partition coefficient (Wildman–Crippen LogP) is 4.50. The number of carbonyl (C=O) groups is 1. The average Bonchev–Trinajstić information content (AvgIpc) is 3.29. The molecular formula is C23H25N5O3. The van der Waals surface area contributed by atoms with E-state index in [9.17, 15) is 14.9 Å². The van der Waals surface area contributed by atoms with Gasteiger partial charge < -0.3 is 4.90 Å². The third kappa shape index (κ3) is 4.47. The molecule has 160 valence electrons. The Balaban J connectivity index is 1.67. The SMILES string of the molecule is CN(Cc1ccncc1)C(=O)c1ccc([N+](=O)[O-])c(-n2ccnc2C2CCCCC2)c1. The van der Waals surface area contributed by atoms with E-state index in [1.807, 2.05) is 12.1 Å². The summed E-state index contributed by atoms with van der Waals surface area (Å²) in [5.41, 5.74) is 1.71. The fourth-order valence-electron chi connectivity index (χ4n) is 4.24. The quantitative estimate of drug-likeness (QED) is 0.433. The van der Waals surface area contributed by atoms with Crippen LogP contribution in [0.15, 0.2) is 55.1 Å². The van der Waals surface area contributed by atoms with Gasteiger partial charge in [-0.15, -0.1) is 0 Å². The zero-order chi connectivity index (χ0) is 21.8. The summed E-state index contributed by atoms with van der Waals surface area (Å²) < 4.78 is 1.79. The number of benzene rings is 1. The number of pyridine rings is 1. The highest BCUT2D eigenvalue weighted by atomic mass is 16.6. The second-order valence-corrected chi connectivity index (χ2v) is 7.97. The summed E-state index contributed by atoms with van der Waals surface area (Å²) in [6.07, 6.45) is 12.3. The Bertz CT molecular complexity index is 1070. The maximum atomic E-state index is 13.1. The summed E-state index contributed by atoms with van der Waals surface area (Å²) in [6.45, 7) is 0.423. The van der Waals surface area contributed by atoms with Crippen molar-refractivity contribution in [1.82, 2.24) is 19.4 Å². The fourth-order valence-corrected chi connectivity index (χ4v) is 4.24. The number of hydrogen-bond acceptors (Lipinski definition) is 5. The van der Waals surface area contributed by atoms with E-state index in [0.717, 1.165) is 37.1 Å². The van der Waals surface area contributed by atoms with Gasteiger partial charge in [0.25, 0.3) is 11.6 Å². The van der Waals surface area contributed by atoms with Crippen LogP contribution in [0.5, 0.6) is 0 Å². The van der Waals surface area contributed by atoms with E-state index < -0.39 is 4.92 Å². The second kappa shape index (κ2) is 9.07. The third-order valence-electron chi connectivity index (χ3n) is 5.83. The van der Waals surface area contributed by atoms with Crippen molar-refractivity contribution in [3.63, 3.8) is 0 Å². The molecule has 0 aliphatic heterocycles. The molecule has 1 aromatic carbocycles. The highest BCUT2D eigenvalue weighted by molar-refractivity contribution is 5.95. The van der Waals surface area contributed by atoms with Crippen molar-refractivity contribution < 1.29 is 9.72 Å². The fraction of sp³-hybridized carbons (Fsp3) is 0.348. The van der Waals surface area contributed by atoms with Crippen LogP contribution in [0.2, 0.25) is 0 Å². The Morgan fingerprint density at radius 2 is 1.90 bits per heavy atom. The third-order valence-corrected chi connectivity index (χ3v) is 5.83. The number of hydrogen-bond donors (Lipinski definition) is 0. The molecule has 0 spiro atoms. The molecule has 1 aliphatic rings. The van der Waals surface area contributed by atoms with E-state index in [1.54, 1.807) is 47.4 Å². The van der Waals surface area contributed by atoms with Crippen LogP contribution in [0.1, 0.15) is 59.8 Å². The lowest BCUT2D eigenvalue weighted by Gasteiger charge is -2.22. The van der Waals surface area contributed by atoms with Crippen LogP contribution in [0, 0.1) is 10.1 Å². The Hall–Kier alpha value is -3.55. The Morgan fingerprint density at radius 1 is 1.16 bits per heavy atom. The summed E-state index contributed by atoms with van der Waals surface area (Å²) in [4.78, 5) is 34.5. The highest BCUT2D eigenvalue weighted by Crippen LogP contribution is 2.34. The van der Waals surface area contributed by atoms with Crippen LogP contribution < -0.4 is 0 Å². The first-order chi connectivity index (χ1) is 15.0. The molecule has 8 heteroatoms. The van der Waals surface area contributed by atoms with Crippen LogP contribution in [0.4, 0.5) is 5.69 Å². The average molecular weight is 419 g/mol. The molecule has 0 atom stereocenters. The van der Waals surface area contributed by atoms with E-state index in [2.05, 4.69) is 9.97 Å². The normalized spacial score (nSPS) is 14.4. The molecule has 0 bridgehead atoms. The number of aromatic nitrogens is 3.